The Morgan fingerprint density at radius 1 is 0.650 bits per heavy atom. The van der Waals surface area contributed by atoms with Gasteiger partial charge in [-0.3, -0.25) is 19.3 Å². The van der Waals surface area contributed by atoms with Crippen LogP contribution in [0.1, 0.15) is 221 Å². The Morgan fingerprint density at radius 3 is 1.72 bits per heavy atom. The topological polar surface area (TPSA) is 112 Å². The number of esters is 2. The molecule has 0 amide bonds. The normalized spacial score (nSPS) is 18.0. The van der Waals surface area contributed by atoms with Gasteiger partial charge in [-0.15, -0.1) is 0 Å². The molecule has 0 spiro atoms. The van der Waals surface area contributed by atoms with E-state index in [1.807, 2.05) is 6.92 Å². The van der Waals surface area contributed by atoms with Crippen LogP contribution in [0.5, 0.6) is 0 Å². The van der Waals surface area contributed by atoms with Crippen LogP contribution in [0.15, 0.2) is 24.3 Å². The average molecular weight is 848 g/mol. The molecular formula is C51H93NO8. The fourth-order valence-corrected chi connectivity index (χ4v) is 8.25. The van der Waals surface area contributed by atoms with Crippen molar-refractivity contribution >= 4 is 17.9 Å². The summed E-state index contributed by atoms with van der Waals surface area (Å²) in [5.41, 5.74) is 0. The van der Waals surface area contributed by atoms with Crippen LogP contribution in [0.2, 0.25) is 0 Å². The van der Waals surface area contributed by atoms with Gasteiger partial charge < -0.3 is 24.1 Å². The first-order valence-electron chi connectivity index (χ1n) is 25.1. The number of carbonyl (C=O) groups excluding carboxylic acids is 2. The van der Waals surface area contributed by atoms with Crippen LogP contribution in [0.3, 0.4) is 0 Å². The first-order valence-corrected chi connectivity index (χ1v) is 25.1. The molecule has 0 bridgehead atoms. The summed E-state index contributed by atoms with van der Waals surface area (Å²) >= 11 is 0. The molecular weight excluding hydrogens is 755 g/mol. The zero-order valence-electron chi connectivity index (χ0n) is 39.7. The lowest BCUT2D eigenvalue weighted by atomic mass is 9.79. The summed E-state index contributed by atoms with van der Waals surface area (Å²) in [4.78, 5) is 41.4. The quantitative estimate of drug-likeness (QED) is 0.0279. The number of aliphatic carboxylic acids is 1. The molecule has 60 heavy (non-hydrogen) atoms. The molecule has 1 aliphatic heterocycles. The van der Waals surface area contributed by atoms with Crippen molar-refractivity contribution in [1.29, 1.82) is 0 Å². The van der Waals surface area contributed by atoms with E-state index in [1.54, 1.807) is 0 Å². The number of unbranched alkanes of at least 4 members (excludes halogenated alkanes) is 18. The van der Waals surface area contributed by atoms with E-state index >= 15 is 0 Å². The second kappa shape index (κ2) is 38.4. The minimum absolute atomic E-state index is 0.0776. The van der Waals surface area contributed by atoms with E-state index in [0.717, 1.165) is 70.6 Å². The number of hydrogen-bond acceptors (Lipinski definition) is 8. The van der Waals surface area contributed by atoms with Crippen LogP contribution in [-0.2, 0) is 33.3 Å². The largest absolute Gasteiger partial charge is 0.481 e. The summed E-state index contributed by atoms with van der Waals surface area (Å²) in [7, 11) is 0. The maximum absolute atomic E-state index is 13.6. The van der Waals surface area contributed by atoms with Crippen LogP contribution >= 0.6 is 0 Å². The van der Waals surface area contributed by atoms with Crippen molar-refractivity contribution < 1.29 is 38.4 Å². The number of carboxylic acids is 1. The van der Waals surface area contributed by atoms with Crippen LogP contribution < -0.4 is 0 Å². The van der Waals surface area contributed by atoms with Gasteiger partial charge in [0.25, 0.3) is 0 Å². The molecule has 350 valence electrons. The SMILES string of the molecule is CCCCC/C=C\C/C=C\CCCCCCCC(=O)OCC(CC)C1C(OC(=O)CCC(OCCCCCCCC)OCCCCCCCC)C(C(=O)O)CCN1C(C)C. The van der Waals surface area contributed by atoms with Gasteiger partial charge in [-0.2, -0.15) is 0 Å². The van der Waals surface area contributed by atoms with Crippen molar-refractivity contribution in [3.63, 3.8) is 0 Å². The summed E-state index contributed by atoms with van der Waals surface area (Å²) in [5.74, 6) is -2.64. The van der Waals surface area contributed by atoms with E-state index in [2.05, 4.69) is 63.8 Å². The third-order valence-electron chi connectivity index (χ3n) is 12.0. The molecule has 0 saturated carbocycles. The van der Waals surface area contributed by atoms with Crippen LogP contribution in [0.25, 0.3) is 0 Å². The molecule has 0 aromatic rings. The van der Waals surface area contributed by atoms with Gasteiger partial charge in [-0.1, -0.05) is 148 Å². The highest BCUT2D eigenvalue weighted by Crippen LogP contribution is 2.34. The summed E-state index contributed by atoms with van der Waals surface area (Å²) in [6.07, 6.45) is 35.9. The van der Waals surface area contributed by atoms with Crippen LogP contribution in [0.4, 0.5) is 0 Å². The first kappa shape index (κ1) is 55.8. The van der Waals surface area contributed by atoms with E-state index < -0.39 is 30.3 Å². The number of likely N-dealkylation sites (tertiary alicyclic amines) is 1. The third kappa shape index (κ3) is 27.7. The Labute approximate surface area is 368 Å². The van der Waals surface area contributed by atoms with Gasteiger partial charge in [0.15, 0.2) is 6.29 Å². The predicted molar refractivity (Wildman–Crippen MR) is 247 cm³/mol. The Morgan fingerprint density at radius 2 is 1.17 bits per heavy atom. The van der Waals surface area contributed by atoms with Gasteiger partial charge in [-0.05, 0) is 84.6 Å². The number of rotatable bonds is 40. The molecule has 1 N–H and O–H groups in total. The molecule has 0 radical (unpaired) electrons. The number of allylic oxidation sites excluding steroid dienone is 4. The molecule has 9 nitrogen and oxygen atoms in total. The van der Waals surface area contributed by atoms with Crippen LogP contribution in [0, 0.1) is 11.8 Å². The highest BCUT2D eigenvalue weighted by Gasteiger charge is 2.48. The number of carbonyl (C=O) groups is 3. The van der Waals surface area contributed by atoms with Gasteiger partial charge in [0.2, 0.25) is 0 Å². The first-order chi connectivity index (χ1) is 29.2. The average Bonchev–Trinajstić information content (AvgIpc) is 3.23. The molecule has 1 fully saturated rings. The second-order valence-corrected chi connectivity index (χ2v) is 17.6. The van der Waals surface area contributed by atoms with Crippen molar-refractivity contribution in [2.75, 3.05) is 26.4 Å². The van der Waals surface area contributed by atoms with Gasteiger partial charge in [0.1, 0.15) is 6.10 Å². The minimum atomic E-state index is -0.961. The van der Waals surface area contributed by atoms with Crippen molar-refractivity contribution in [3.8, 4) is 0 Å². The van der Waals surface area contributed by atoms with E-state index in [4.69, 9.17) is 18.9 Å². The van der Waals surface area contributed by atoms with Gasteiger partial charge >= 0.3 is 17.9 Å². The maximum Gasteiger partial charge on any atom is 0.310 e. The third-order valence-corrected chi connectivity index (χ3v) is 12.0. The number of nitrogens with zero attached hydrogens (tertiary/aromatic N) is 1. The van der Waals surface area contributed by atoms with Gasteiger partial charge in [0, 0.05) is 38.0 Å². The molecule has 1 saturated heterocycles. The lowest BCUT2D eigenvalue weighted by Gasteiger charge is -2.48. The van der Waals surface area contributed by atoms with Gasteiger partial charge in [-0.25, -0.2) is 0 Å². The summed E-state index contributed by atoms with van der Waals surface area (Å²) in [6, 6.07) is -0.292. The highest BCUT2D eigenvalue weighted by atomic mass is 16.7. The van der Waals surface area contributed by atoms with Gasteiger partial charge in [0.05, 0.1) is 25.0 Å². The maximum atomic E-state index is 13.6. The lowest BCUT2D eigenvalue weighted by molar-refractivity contribution is -0.180. The fourth-order valence-electron chi connectivity index (χ4n) is 8.25. The van der Waals surface area contributed by atoms with Crippen molar-refractivity contribution in [2.45, 2.75) is 246 Å². The molecule has 0 aromatic carbocycles. The Balaban J connectivity index is 2.74. The fraction of sp³-hybridized carbons (Fsp3) is 0.863. The summed E-state index contributed by atoms with van der Waals surface area (Å²) in [5, 5.41) is 10.4. The lowest BCUT2D eigenvalue weighted by Crippen LogP contribution is -2.61. The van der Waals surface area contributed by atoms with E-state index in [-0.39, 0.29) is 37.0 Å². The number of carboxylic acid groups (broad SMARTS) is 1. The molecule has 0 aromatic heterocycles. The Bertz CT molecular complexity index is 1090. The molecule has 4 atom stereocenters. The molecule has 1 aliphatic rings. The Hall–Kier alpha value is -2.23. The molecule has 4 unspecified atom stereocenters. The highest BCUT2D eigenvalue weighted by molar-refractivity contribution is 5.73. The predicted octanol–water partition coefficient (Wildman–Crippen LogP) is 13.3. The number of piperidine rings is 1. The summed E-state index contributed by atoms with van der Waals surface area (Å²) < 4.78 is 24.4. The molecule has 1 rings (SSSR count). The van der Waals surface area contributed by atoms with Crippen molar-refractivity contribution in [3.05, 3.63) is 24.3 Å². The standard InChI is InChI=1S/C51H93NO8/c1-7-11-14-17-20-21-22-23-24-25-26-27-28-29-32-35-46(53)59-42-44(10-4)49-50(45(51(55)56)38-39-52(49)43(5)6)60-47(54)36-37-48(57-40-33-30-18-15-12-8-2)58-41-34-31-19-16-13-9-3/h20-21,23-24,43-45,48-50H,7-19,22,25-42H2,1-6H3,(H,55,56)/b21-20-,24-23-. The molecule has 9 heteroatoms. The number of ether oxygens (including phenoxy) is 4. The monoisotopic (exact) mass is 848 g/mol. The summed E-state index contributed by atoms with van der Waals surface area (Å²) in [6.45, 7) is 14.8. The Kier molecular flexibility index (Phi) is 35.7. The molecule has 1 heterocycles. The minimum Gasteiger partial charge on any atom is -0.481 e. The van der Waals surface area contributed by atoms with Crippen LogP contribution in [-0.4, -0.2) is 78.8 Å². The number of hydrogen-bond donors (Lipinski definition) is 1. The zero-order valence-corrected chi connectivity index (χ0v) is 39.7. The van der Waals surface area contributed by atoms with E-state index in [0.29, 0.717) is 45.4 Å². The molecule has 0 aliphatic carbocycles. The zero-order chi connectivity index (χ0) is 44.1. The van der Waals surface area contributed by atoms with E-state index in [9.17, 15) is 19.5 Å². The van der Waals surface area contributed by atoms with Crippen molar-refractivity contribution in [2.24, 2.45) is 11.8 Å². The van der Waals surface area contributed by atoms with Crippen molar-refractivity contribution in [1.82, 2.24) is 4.90 Å². The second-order valence-electron chi connectivity index (χ2n) is 17.6. The smallest absolute Gasteiger partial charge is 0.310 e. The van der Waals surface area contributed by atoms with E-state index in [1.165, 1.54) is 77.0 Å².